The summed E-state index contributed by atoms with van der Waals surface area (Å²) in [6, 6.07) is 6.15. The number of aromatic nitrogens is 2. The minimum atomic E-state index is -0.827. The third-order valence-corrected chi connectivity index (χ3v) is 5.98. The molecule has 1 fully saturated rings. The molecule has 0 saturated carbocycles. The summed E-state index contributed by atoms with van der Waals surface area (Å²) < 4.78 is 19.5. The Morgan fingerprint density at radius 1 is 1.35 bits per heavy atom. The Balaban J connectivity index is 1.44. The van der Waals surface area contributed by atoms with Gasteiger partial charge in [-0.1, -0.05) is 0 Å². The van der Waals surface area contributed by atoms with Crippen molar-refractivity contribution in [2.24, 2.45) is 5.73 Å². The summed E-state index contributed by atoms with van der Waals surface area (Å²) in [6.45, 7) is 4.02. The number of likely N-dealkylation sites (tertiary alicyclic amines) is 1. The van der Waals surface area contributed by atoms with Crippen LogP contribution in [0.4, 0.5) is 20.7 Å². The summed E-state index contributed by atoms with van der Waals surface area (Å²) >= 11 is 0. The first-order valence-corrected chi connectivity index (χ1v) is 11.1. The van der Waals surface area contributed by atoms with Crippen molar-refractivity contribution in [3.05, 3.63) is 46.7 Å². The van der Waals surface area contributed by atoms with Crippen molar-refractivity contribution in [3.63, 3.8) is 0 Å². The molecule has 178 valence electrons. The zero-order valence-electron chi connectivity index (χ0n) is 18.9. The van der Waals surface area contributed by atoms with Crippen LogP contribution in [0.1, 0.15) is 35.5 Å². The first-order chi connectivity index (χ1) is 16.3. The molecule has 0 aliphatic carbocycles. The third-order valence-electron chi connectivity index (χ3n) is 5.98. The molecule has 3 heterocycles. The van der Waals surface area contributed by atoms with Crippen molar-refractivity contribution in [3.8, 4) is 6.07 Å². The zero-order valence-corrected chi connectivity index (χ0v) is 18.9. The molecule has 0 spiro atoms. The fourth-order valence-corrected chi connectivity index (χ4v) is 4.38. The van der Waals surface area contributed by atoms with E-state index in [1.54, 1.807) is 17.9 Å². The number of primary amides is 1. The topological polar surface area (TPSA) is 137 Å². The van der Waals surface area contributed by atoms with Crippen molar-refractivity contribution in [1.29, 1.82) is 5.26 Å². The molecule has 4 rings (SSSR count). The van der Waals surface area contributed by atoms with Gasteiger partial charge < -0.3 is 20.7 Å². The number of carbonyl (C=O) groups excluding carboxylic acids is 2. The van der Waals surface area contributed by atoms with Crippen LogP contribution in [0.25, 0.3) is 0 Å². The zero-order chi connectivity index (χ0) is 24.2. The molecule has 0 radical (unpaired) electrons. The number of benzene rings is 1. The Bertz CT molecular complexity index is 1150. The van der Waals surface area contributed by atoms with Gasteiger partial charge in [-0.15, -0.1) is 0 Å². The highest BCUT2D eigenvalue weighted by Crippen LogP contribution is 2.28. The normalized spacial score (nSPS) is 18.0. The lowest BCUT2D eigenvalue weighted by atomic mass is 10.0. The Morgan fingerprint density at radius 2 is 2.18 bits per heavy atom. The van der Waals surface area contributed by atoms with Gasteiger partial charge in [0.25, 0.3) is 0 Å². The number of rotatable bonds is 5. The minimum Gasteiger partial charge on any atom is -0.445 e. The van der Waals surface area contributed by atoms with E-state index in [0.717, 1.165) is 17.7 Å². The van der Waals surface area contributed by atoms with Gasteiger partial charge in [-0.2, -0.15) is 5.26 Å². The summed E-state index contributed by atoms with van der Waals surface area (Å²) in [5, 5.41) is 12.0. The Kier molecular flexibility index (Phi) is 6.88. The Morgan fingerprint density at radius 3 is 2.91 bits per heavy atom. The van der Waals surface area contributed by atoms with Gasteiger partial charge in [0, 0.05) is 25.2 Å². The number of nitrogens with zero attached hydrogens (tertiary/aromatic N) is 5. The molecule has 34 heavy (non-hydrogen) atoms. The van der Waals surface area contributed by atoms with Crippen LogP contribution in [0.2, 0.25) is 0 Å². The molecule has 2 aliphatic rings. The molecular formula is C23H26FN7O3. The monoisotopic (exact) mass is 467 g/mol. The number of nitriles is 1. The van der Waals surface area contributed by atoms with Crippen LogP contribution in [0.15, 0.2) is 18.2 Å². The second kappa shape index (κ2) is 10.0. The SMILES string of the molecule is Cc1nc2c(c(Nc3ccc(C#N)cc3F)n1)CCN(CC(=O)N1CCC[C@@H](OC(N)=O)C1)C2. The van der Waals surface area contributed by atoms with E-state index in [1.165, 1.54) is 12.1 Å². The number of nitrogens with one attached hydrogen (secondary N) is 1. The van der Waals surface area contributed by atoms with E-state index in [1.807, 2.05) is 11.0 Å². The second-order valence-electron chi connectivity index (χ2n) is 8.48. The van der Waals surface area contributed by atoms with E-state index in [0.29, 0.717) is 50.7 Å². The number of nitrogens with two attached hydrogens (primary N) is 1. The van der Waals surface area contributed by atoms with Gasteiger partial charge in [-0.05, 0) is 44.4 Å². The average Bonchev–Trinajstić information content (AvgIpc) is 2.79. The van der Waals surface area contributed by atoms with Crippen molar-refractivity contribution in [2.75, 3.05) is 31.5 Å². The van der Waals surface area contributed by atoms with E-state index >= 15 is 0 Å². The molecule has 3 N–H and O–H groups in total. The molecule has 2 amide bonds. The van der Waals surface area contributed by atoms with Crippen molar-refractivity contribution in [2.45, 2.75) is 38.8 Å². The highest BCUT2D eigenvalue weighted by molar-refractivity contribution is 5.78. The predicted molar refractivity (Wildman–Crippen MR) is 120 cm³/mol. The summed E-state index contributed by atoms with van der Waals surface area (Å²) in [4.78, 5) is 36.6. The quantitative estimate of drug-likeness (QED) is 0.681. The number of fused-ring (bicyclic) bond motifs is 1. The number of hydrogen-bond donors (Lipinski definition) is 2. The number of piperidine rings is 1. The van der Waals surface area contributed by atoms with E-state index < -0.39 is 11.9 Å². The summed E-state index contributed by atoms with van der Waals surface area (Å²) in [7, 11) is 0. The standard InChI is InChI=1S/C23H26FN7O3/c1-14-27-20-12-30(13-21(32)31-7-2-3-16(11-31)34-23(26)33)8-6-17(20)22(28-14)29-19-5-4-15(10-25)9-18(19)24/h4-5,9,16H,2-3,6-8,11-13H2,1H3,(H2,26,33)(H,27,28,29)/t16-/m1/s1. The highest BCUT2D eigenvalue weighted by atomic mass is 19.1. The summed E-state index contributed by atoms with van der Waals surface area (Å²) in [5.74, 6) is 0.489. The number of hydrogen-bond acceptors (Lipinski definition) is 8. The summed E-state index contributed by atoms with van der Waals surface area (Å²) in [5.41, 5.74) is 7.25. The van der Waals surface area contributed by atoms with Gasteiger partial charge in [-0.3, -0.25) is 9.69 Å². The van der Waals surface area contributed by atoms with Gasteiger partial charge >= 0.3 is 6.09 Å². The molecule has 1 atom stereocenters. The number of anilines is 2. The lowest BCUT2D eigenvalue weighted by Gasteiger charge is -2.34. The lowest BCUT2D eigenvalue weighted by Crippen LogP contribution is -2.48. The molecule has 1 saturated heterocycles. The molecule has 10 nitrogen and oxygen atoms in total. The van der Waals surface area contributed by atoms with Crippen LogP contribution in [-0.4, -0.2) is 64.1 Å². The fraction of sp³-hybridized carbons (Fsp3) is 0.435. The molecule has 1 aromatic carbocycles. The maximum absolute atomic E-state index is 14.4. The maximum Gasteiger partial charge on any atom is 0.404 e. The third kappa shape index (κ3) is 5.40. The Hall–Kier alpha value is -3.78. The van der Waals surface area contributed by atoms with Crippen LogP contribution in [0.5, 0.6) is 0 Å². The molecule has 2 aromatic rings. The van der Waals surface area contributed by atoms with Crippen molar-refractivity contribution < 1.29 is 18.7 Å². The predicted octanol–water partition coefficient (Wildman–Crippen LogP) is 1.98. The van der Waals surface area contributed by atoms with Crippen molar-refractivity contribution in [1.82, 2.24) is 19.8 Å². The molecule has 0 bridgehead atoms. The number of halogens is 1. The largest absolute Gasteiger partial charge is 0.445 e. The van der Waals surface area contributed by atoms with Crippen LogP contribution in [-0.2, 0) is 22.5 Å². The first kappa shape index (κ1) is 23.4. The molecule has 0 unspecified atom stereocenters. The van der Waals surface area contributed by atoms with Gasteiger partial charge in [0.1, 0.15) is 23.6 Å². The number of ether oxygens (including phenoxy) is 1. The van der Waals surface area contributed by atoms with E-state index in [9.17, 15) is 14.0 Å². The smallest absolute Gasteiger partial charge is 0.404 e. The van der Waals surface area contributed by atoms with Crippen LogP contribution < -0.4 is 11.1 Å². The van der Waals surface area contributed by atoms with E-state index in [-0.39, 0.29) is 29.8 Å². The average molecular weight is 468 g/mol. The van der Waals surface area contributed by atoms with Crippen LogP contribution in [0, 0.1) is 24.1 Å². The van der Waals surface area contributed by atoms with Crippen LogP contribution >= 0.6 is 0 Å². The molecular weight excluding hydrogens is 441 g/mol. The van der Waals surface area contributed by atoms with E-state index in [4.69, 9.17) is 15.7 Å². The first-order valence-electron chi connectivity index (χ1n) is 11.1. The number of amides is 2. The Labute approximate surface area is 196 Å². The second-order valence-corrected chi connectivity index (χ2v) is 8.48. The van der Waals surface area contributed by atoms with Crippen LogP contribution in [0.3, 0.4) is 0 Å². The van der Waals surface area contributed by atoms with Gasteiger partial charge in [0.15, 0.2) is 0 Å². The molecule has 1 aromatic heterocycles. The van der Waals surface area contributed by atoms with Crippen molar-refractivity contribution >= 4 is 23.5 Å². The number of aryl methyl sites for hydroxylation is 1. The van der Waals surface area contributed by atoms with Gasteiger partial charge in [0.2, 0.25) is 5.91 Å². The maximum atomic E-state index is 14.4. The highest BCUT2D eigenvalue weighted by Gasteiger charge is 2.29. The minimum absolute atomic E-state index is 0.0370. The lowest BCUT2D eigenvalue weighted by molar-refractivity contribution is -0.135. The summed E-state index contributed by atoms with van der Waals surface area (Å²) in [6.07, 6.45) is 0.836. The molecule has 11 heteroatoms. The van der Waals surface area contributed by atoms with Gasteiger partial charge in [0.05, 0.1) is 36.1 Å². The van der Waals surface area contributed by atoms with E-state index in [2.05, 4.69) is 15.3 Å². The fourth-order valence-electron chi connectivity index (χ4n) is 4.38. The molecule has 2 aliphatic heterocycles. The number of carbonyl (C=O) groups is 2. The van der Waals surface area contributed by atoms with Gasteiger partial charge in [-0.25, -0.2) is 19.2 Å².